The number of hydrogen-bond acceptors (Lipinski definition) is 7. The minimum absolute atomic E-state index is 0.108. The number of nitrogens with zero attached hydrogens (tertiary/aromatic N) is 3. The molecule has 186 valence electrons. The van der Waals surface area contributed by atoms with Crippen LogP contribution < -0.4 is 15.4 Å². The highest BCUT2D eigenvalue weighted by atomic mass is 32.2. The van der Waals surface area contributed by atoms with Crippen LogP contribution in [0.4, 0.5) is 5.69 Å². The van der Waals surface area contributed by atoms with Crippen molar-refractivity contribution in [2.24, 2.45) is 0 Å². The summed E-state index contributed by atoms with van der Waals surface area (Å²) in [6.07, 6.45) is 2.74. The number of aromatic nitrogens is 3. The molecule has 1 aromatic heterocycles. The fraction of sp³-hybridized carbons (Fsp3) is 0.360. The summed E-state index contributed by atoms with van der Waals surface area (Å²) in [5.74, 6) is 2.15. The molecule has 0 radical (unpaired) electrons. The molecule has 3 aromatic rings. The van der Waals surface area contributed by atoms with Gasteiger partial charge in [-0.3, -0.25) is 9.59 Å². The molecule has 0 fully saturated rings. The van der Waals surface area contributed by atoms with Gasteiger partial charge in [-0.2, -0.15) is 11.8 Å². The van der Waals surface area contributed by atoms with Crippen molar-refractivity contribution in [2.45, 2.75) is 38.0 Å². The predicted octanol–water partition coefficient (Wildman–Crippen LogP) is 4.57. The van der Waals surface area contributed by atoms with E-state index in [2.05, 4.69) is 20.8 Å². The molecule has 0 aliphatic rings. The average Bonchev–Trinajstić information content (AvgIpc) is 3.29. The first kappa shape index (κ1) is 26.6. The molecular formula is C25H31N5O3S2. The Morgan fingerprint density at radius 3 is 2.51 bits per heavy atom. The Balaban J connectivity index is 1.71. The first-order valence-electron chi connectivity index (χ1n) is 11.3. The van der Waals surface area contributed by atoms with E-state index >= 15 is 0 Å². The van der Waals surface area contributed by atoms with E-state index in [1.54, 1.807) is 43.1 Å². The van der Waals surface area contributed by atoms with Gasteiger partial charge in [0.05, 0.1) is 18.9 Å². The van der Waals surface area contributed by atoms with Crippen LogP contribution in [0.3, 0.4) is 0 Å². The number of para-hydroxylation sites is 1. The lowest BCUT2D eigenvalue weighted by atomic mass is 10.1. The number of benzene rings is 2. The summed E-state index contributed by atoms with van der Waals surface area (Å²) in [6, 6.07) is 14.4. The predicted molar refractivity (Wildman–Crippen MR) is 142 cm³/mol. The monoisotopic (exact) mass is 513 g/mol. The standard InChI is InChI=1S/C25H31N5O3S2/c1-5-30-23(21(14-15-34-4)27-24(32)18-10-12-19(33-3)13-11-18)28-29-25(30)35-16-22(31)26-20-9-7-6-8-17(20)2/h6-13,21H,5,14-16H2,1-4H3,(H,26,31)(H,27,32)/t21-/m1/s1. The van der Waals surface area contributed by atoms with Crippen LogP contribution in [-0.4, -0.2) is 51.5 Å². The SMILES string of the molecule is CCn1c(SCC(=O)Nc2ccccc2C)nnc1[C@@H](CCSC)NC(=O)c1ccc(OC)cc1. The Bertz CT molecular complexity index is 1130. The van der Waals surface area contributed by atoms with E-state index in [-0.39, 0.29) is 23.6 Å². The second-order valence-corrected chi connectivity index (χ2v) is 9.70. The van der Waals surface area contributed by atoms with E-state index in [4.69, 9.17) is 4.74 Å². The summed E-state index contributed by atoms with van der Waals surface area (Å²) < 4.78 is 7.14. The smallest absolute Gasteiger partial charge is 0.251 e. The van der Waals surface area contributed by atoms with Gasteiger partial charge in [0.25, 0.3) is 5.91 Å². The molecule has 0 aliphatic carbocycles. The molecule has 0 saturated heterocycles. The zero-order valence-electron chi connectivity index (χ0n) is 20.4. The Labute approximate surface area is 214 Å². The molecule has 1 heterocycles. The number of hydrogen-bond donors (Lipinski definition) is 2. The molecule has 0 aliphatic heterocycles. The second-order valence-electron chi connectivity index (χ2n) is 7.77. The average molecular weight is 514 g/mol. The molecule has 0 unspecified atom stereocenters. The van der Waals surface area contributed by atoms with Crippen LogP contribution in [-0.2, 0) is 11.3 Å². The third-order valence-electron chi connectivity index (χ3n) is 5.39. The zero-order chi connectivity index (χ0) is 25.2. The molecule has 2 aromatic carbocycles. The molecule has 35 heavy (non-hydrogen) atoms. The number of carbonyl (C=O) groups excluding carboxylic acids is 2. The van der Waals surface area contributed by atoms with Crippen LogP contribution >= 0.6 is 23.5 Å². The van der Waals surface area contributed by atoms with E-state index in [0.717, 1.165) is 17.0 Å². The highest BCUT2D eigenvalue weighted by Gasteiger charge is 2.23. The van der Waals surface area contributed by atoms with Gasteiger partial charge in [-0.05, 0) is 68.2 Å². The van der Waals surface area contributed by atoms with Crippen LogP contribution in [0.1, 0.15) is 41.1 Å². The zero-order valence-corrected chi connectivity index (χ0v) is 22.0. The van der Waals surface area contributed by atoms with Crippen LogP contribution in [0.25, 0.3) is 0 Å². The summed E-state index contributed by atoms with van der Waals surface area (Å²) in [6.45, 7) is 4.58. The van der Waals surface area contributed by atoms with Gasteiger partial charge in [0, 0.05) is 17.8 Å². The first-order valence-corrected chi connectivity index (χ1v) is 13.7. The molecule has 2 N–H and O–H groups in total. The van der Waals surface area contributed by atoms with E-state index < -0.39 is 0 Å². The van der Waals surface area contributed by atoms with E-state index in [1.165, 1.54) is 11.8 Å². The van der Waals surface area contributed by atoms with Gasteiger partial charge in [-0.15, -0.1) is 10.2 Å². The van der Waals surface area contributed by atoms with Crippen molar-refractivity contribution in [2.75, 3.05) is 30.2 Å². The Morgan fingerprint density at radius 1 is 1.11 bits per heavy atom. The van der Waals surface area contributed by atoms with Gasteiger partial charge in [0.15, 0.2) is 11.0 Å². The van der Waals surface area contributed by atoms with Crippen molar-refractivity contribution in [3.63, 3.8) is 0 Å². The molecule has 0 saturated carbocycles. The van der Waals surface area contributed by atoms with Gasteiger partial charge >= 0.3 is 0 Å². The molecule has 0 spiro atoms. The van der Waals surface area contributed by atoms with Crippen molar-refractivity contribution in [3.8, 4) is 5.75 Å². The fourth-order valence-corrected chi connectivity index (χ4v) is 4.76. The summed E-state index contributed by atoms with van der Waals surface area (Å²) in [7, 11) is 1.59. The van der Waals surface area contributed by atoms with E-state index in [1.807, 2.05) is 48.9 Å². The van der Waals surface area contributed by atoms with E-state index in [9.17, 15) is 9.59 Å². The highest BCUT2D eigenvalue weighted by molar-refractivity contribution is 7.99. The van der Waals surface area contributed by atoms with Gasteiger partial charge in [-0.25, -0.2) is 0 Å². The lowest BCUT2D eigenvalue weighted by Gasteiger charge is -2.19. The van der Waals surface area contributed by atoms with Crippen molar-refractivity contribution >= 4 is 41.0 Å². The molecular weight excluding hydrogens is 482 g/mol. The fourth-order valence-electron chi connectivity index (χ4n) is 3.48. The van der Waals surface area contributed by atoms with Crippen LogP contribution in [0.5, 0.6) is 5.75 Å². The lowest BCUT2D eigenvalue weighted by Crippen LogP contribution is -2.31. The third-order valence-corrected chi connectivity index (χ3v) is 7.00. The minimum Gasteiger partial charge on any atom is -0.497 e. The third kappa shape index (κ3) is 7.25. The van der Waals surface area contributed by atoms with Gasteiger partial charge in [0.2, 0.25) is 5.91 Å². The second kappa shape index (κ2) is 13.2. The number of methoxy groups -OCH3 is 1. The van der Waals surface area contributed by atoms with Crippen molar-refractivity contribution in [1.29, 1.82) is 0 Å². The van der Waals surface area contributed by atoms with Crippen LogP contribution in [0, 0.1) is 6.92 Å². The Morgan fingerprint density at radius 2 is 1.86 bits per heavy atom. The van der Waals surface area contributed by atoms with Crippen molar-refractivity contribution in [1.82, 2.24) is 20.1 Å². The first-order chi connectivity index (χ1) is 17.0. The summed E-state index contributed by atoms with van der Waals surface area (Å²) in [5, 5.41) is 15.4. The minimum atomic E-state index is -0.306. The topological polar surface area (TPSA) is 98.1 Å². The molecule has 8 nitrogen and oxygen atoms in total. The number of thioether (sulfide) groups is 2. The quantitative estimate of drug-likeness (QED) is 0.342. The highest BCUT2D eigenvalue weighted by Crippen LogP contribution is 2.24. The van der Waals surface area contributed by atoms with Crippen molar-refractivity contribution < 1.29 is 14.3 Å². The summed E-state index contributed by atoms with van der Waals surface area (Å²) in [5.41, 5.74) is 2.35. The maximum atomic E-state index is 12.9. The molecule has 10 heteroatoms. The number of aryl methyl sites for hydroxylation is 1. The number of ether oxygens (including phenoxy) is 1. The molecule has 0 bridgehead atoms. The van der Waals surface area contributed by atoms with Crippen molar-refractivity contribution in [3.05, 3.63) is 65.5 Å². The van der Waals surface area contributed by atoms with Gasteiger partial charge < -0.3 is 19.9 Å². The maximum absolute atomic E-state index is 12.9. The number of anilines is 1. The number of amides is 2. The normalized spacial score (nSPS) is 11.7. The number of nitrogens with one attached hydrogen (secondary N) is 2. The molecule has 1 atom stereocenters. The molecule has 2 amide bonds. The Hall–Kier alpha value is -2.98. The van der Waals surface area contributed by atoms with E-state index in [0.29, 0.717) is 35.3 Å². The molecule has 3 rings (SSSR count). The number of rotatable bonds is 12. The van der Waals surface area contributed by atoms with Crippen LogP contribution in [0.15, 0.2) is 53.7 Å². The summed E-state index contributed by atoms with van der Waals surface area (Å²) in [4.78, 5) is 25.4. The van der Waals surface area contributed by atoms with Gasteiger partial charge in [-0.1, -0.05) is 30.0 Å². The largest absolute Gasteiger partial charge is 0.497 e. The lowest BCUT2D eigenvalue weighted by molar-refractivity contribution is -0.113. The maximum Gasteiger partial charge on any atom is 0.251 e. The van der Waals surface area contributed by atoms with Gasteiger partial charge in [0.1, 0.15) is 5.75 Å². The summed E-state index contributed by atoms with van der Waals surface area (Å²) >= 11 is 3.04. The Kier molecular flexibility index (Phi) is 10.0. The van der Waals surface area contributed by atoms with Crippen LogP contribution in [0.2, 0.25) is 0 Å². The number of carbonyl (C=O) groups is 2.